The number of nitrogens with one attached hydrogen (secondary N) is 1. The summed E-state index contributed by atoms with van der Waals surface area (Å²) in [5, 5.41) is 13.9. The van der Waals surface area contributed by atoms with Gasteiger partial charge in [0.2, 0.25) is 0 Å². The molecule has 1 amide bonds. The third-order valence-corrected chi connectivity index (χ3v) is 3.76. The summed E-state index contributed by atoms with van der Waals surface area (Å²) in [4.78, 5) is 22.4. The number of amides is 1. The van der Waals surface area contributed by atoms with E-state index in [1.807, 2.05) is 13.0 Å². The fourth-order valence-electron chi connectivity index (χ4n) is 1.71. The van der Waals surface area contributed by atoms with Crippen molar-refractivity contribution in [3.8, 4) is 0 Å². The Morgan fingerprint density at radius 1 is 1.29 bits per heavy atom. The summed E-state index contributed by atoms with van der Waals surface area (Å²) in [6.07, 6.45) is 0. The monoisotopic (exact) mass is 368 g/mol. The number of hydrogen-bond acceptors (Lipinski definition) is 3. The largest absolute Gasteiger partial charge is 0.321 e. The molecule has 0 radical (unpaired) electrons. The van der Waals surface area contributed by atoms with Gasteiger partial charge in [0.25, 0.3) is 11.6 Å². The van der Waals surface area contributed by atoms with Crippen molar-refractivity contribution in [2.45, 2.75) is 6.92 Å². The van der Waals surface area contributed by atoms with Crippen molar-refractivity contribution in [3.05, 3.63) is 67.1 Å². The maximum Gasteiger partial charge on any atom is 0.284 e. The van der Waals surface area contributed by atoms with Gasteiger partial charge in [0.15, 0.2) is 0 Å². The van der Waals surface area contributed by atoms with E-state index in [0.717, 1.165) is 5.56 Å². The lowest BCUT2D eigenvalue weighted by Crippen LogP contribution is -2.12. The number of rotatable bonds is 3. The van der Waals surface area contributed by atoms with Crippen molar-refractivity contribution in [3.63, 3.8) is 0 Å². The van der Waals surface area contributed by atoms with Crippen molar-refractivity contribution in [1.29, 1.82) is 0 Å². The molecule has 0 saturated heterocycles. The van der Waals surface area contributed by atoms with E-state index in [2.05, 4.69) is 21.2 Å². The maximum atomic E-state index is 12.1. The first-order chi connectivity index (χ1) is 9.88. The summed E-state index contributed by atoms with van der Waals surface area (Å²) in [6.45, 7) is 1.88. The normalized spacial score (nSPS) is 10.2. The third kappa shape index (κ3) is 3.59. The number of nitrogens with zero attached hydrogens (tertiary/aromatic N) is 1. The van der Waals surface area contributed by atoms with Crippen LogP contribution < -0.4 is 5.32 Å². The number of carbonyl (C=O) groups excluding carboxylic acids is 1. The van der Waals surface area contributed by atoms with Gasteiger partial charge < -0.3 is 5.32 Å². The Kier molecular flexibility index (Phi) is 4.59. The fraction of sp³-hybridized carbons (Fsp3) is 0.0714. The molecule has 2 aromatic carbocycles. The molecule has 0 bridgehead atoms. The van der Waals surface area contributed by atoms with E-state index in [1.165, 1.54) is 18.2 Å². The van der Waals surface area contributed by atoms with Crippen LogP contribution in [0.3, 0.4) is 0 Å². The number of nitro groups is 1. The average molecular weight is 370 g/mol. The lowest BCUT2D eigenvalue weighted by atomic mass is 10.1. The van der Waals surface area contributed by atoms with E-state index in [9.17, 15) is 14.9 Å². The van der Waals surface area contributed by atoms with E-state index in [1.54, 1.807) is 12.1 Å². The second-order valence-corrected chi connectivity index (χ2v) is 5.62. The van der Waals surface area contributed by atoms with Crippen LogP contribution in [-0.2, 0) is 0 Å². The van der Waals surface area contributed by atoms with Crippen LogP contribution >= 0.6 is 27.5 Å². The summed E-state index contributed by atoms with van der Waals surface area (Å²) in [5.74, 6) is -0.462. The standard InChI is InChI=1S/C14H10BrClN2O3/c1-8-2-5-12(11(16)6-8)17-14(19)9-3-4-10(15)13(7-9)18(20)21/h2-7H,1H3,(H,17,19). The number of benzene rings is 2. The molecular formula is C14H10BrClN2O3. The number of aryl methyl sites for hydroxylation is 1. The first-order valence-corrected chi connectivity index (χ1v) is 7.07. The SMILES string of the molecule is Cc1ccc(NC(=O)c2ccc(Br)c([N+](=O)[O-])c2)c(Cl)c1. The van der Waals surface area contributed by atoms with Crippen LogP contribution in [0.5, 0.6) is 0 Å². The van der Waals surface area contributed by atoms with Crippen molar-refractivity contribution in [1.82, 2.24) is 0 Å². The summed E-state index contributed by atoms with van der Waals surface area (Å²) >= 11 is 9.11. The van der Waals surface area contributed by atoms with Crippen LogP contribution in [0.2, 0.25) is 5.02 Å². The lowest BCUT2D eigenvalue weighted by molar-refractivity contribution is -0.385. The van der Waals surface area contributed by atoms with Gasteiger partial charge in [-0.2, -0.15) is 0 Å². The minimum absolute atomic E-state index is 0.169. The zero-order chi connectivity index (χ0) is 15.6. The number of carbonyl (C=O) groups is 1. The van der Waals surface area contributed by atoms with Gasteiger partial charge >= 0.3 is 0 Å². The summed E-state index contributed by atoms with van der Waals surface area (Å²) in [6, 6.07) is 9.38. The van der Waals surface area contributed by atoms with Crippen molar-refractivity contribution >= 4 is 44.8 Å². The van der Waals surface area contributed by atoms with Gasteiger partial charge in [-0.25, -0.2) is 0 Å². The van der Waals surface area contributed by atoms with Gasteiger partial charge in [0.1, 0.15) is 0 Å². The van der Waals surface area contributed by atoms with E-state index >= 15 is 0 Å². The van der Waals surface area contributed by atoms with E-state index in [0.29, 0.717) is 15.2 Å². The summed E-state index contributed by atoms with van der Waals surface area (Å²) in [7, 11) is 0. The molecule has 0 saturated carbocycles. The molecule has 0 spiro atoms. The molecule has 2 aromatic rings. The molecule has 108 valence electrons. The number of anilines is 1. The molecule has 0 atom stereocenters. The third-order valence-electron chi connectivity index (χ3n) is 2.78. The highest BCUT2D eigenvalue weighted by Crippen LogP contribution is 2.27. The lowest BCUT2D eigenvalue weighted by Gasteiger charge is -2.08. The number of nitro benzene ring substituents is 1. The Morgan fingerprint density at radius 3 is 2.62 bits per heavy atom. The van der Waals surface area contributed by atoms with Crippen LogP contribution in [-0.4, -0.2) is 10.8 Å². The predicted molar refractivity (Wildman–Crippen MR) is 84.9 cm³/mol. The second-order valence-electron chi connectivity index (χ2n) is 4.36. The Bertz CT molecular complexity index is 734. The molecule has 7 heteroatoms. The molecule has 0 heterocycles. The van der Waals surface area contributed by atoms with Crippen LogP contribution in [0, 0.1) is 17.0 Å². The van der Waals surface area contributed by atoms with Gasteiger partial charge in [-0.1, -0.05) is 17.7 Å². The first-order valence-electron chi connectivity index (χ1n) is 5.90. The Morgan fingerprint density at radius 2 is 2.00 bits per heavy atom. The Labute approximate surface area is 134 Å². The topological polar surface area (TPSA) is 72.2 Å². The Balaban J connectivity index is 2.28. The summed E-state index contributed by atoms with van der Waals surface area (Å²) < 4.78 is 0.317. The van der Waals surface area contributed by atoms with Gasteiger partial charge in [-0.05, 0) is 52.7 Å². The maximum absolute atomic E-state index is 12.1. The van der Waals surface area contributed by atoms with Gasteiger partial charge in [0.05, 0.1) is 20.1 Å². The molecule has 0 aliphatic rings. The molecule has 1 N–H and O–H groups in total. The minimum atomic E-state index is -0.556. The summed E-state index contributed by atoms with van der Waals surface area (Å²) in [5.41, 5.74) is 1.44. The molecule has 0 fully saturated rings. The number of halogens is 2. The highest BCUT2D eigenvalue weighted by atomic mass is 79.9. The molecule has 0 unspecified atom stereocenters. The fourth-order valence-corrected chi connectivity index (χ4v) is 2.38. The molecule has 5 nitrogen and oxygen atoms in total. The first kappa shape index (κ1) is 15.5. The highest BCUT2D eigenvalue weighted by Gasteiger charge is 2.16. The molecule has 0 aliphatic heterocycles. The predicted octanol–water partition coefficient (Wildman–Crippen LogP) is 4.57. The van der Waals surface area contributed by atoms with Crippen LogP contribution in [0.4, 0.5) is 11.4 Å². The minimum Gasteiger partial charge on any atom is -0.321 e. The molecular weight excluding hydrogens is 360 g/mol. The van der Waals surface area contributed by atoms with Gasteiger partial charge in [0, 0.05) is 11.6 Å². The zero-order valence-corrected chi connectivity index (χ0v) is 13.2. The van der Waals surface area contributed by atoms with Crippen LogP contribution in [0.25, 0.3) is 0 Å². The molecule has 2 rings (SSSR count). The molecule has 0 aromatic heterocycles. The van der Waals surface area contributed by atoms with Gasteiger partial charge in [-0.15, -0.1) is 0 Å². The van der Waals surface area contributed by atoms with Crippen LogP contribution in [0.15, 0.2) is 40.9 Å². The van der Waals surface area contributed by atoms with Crippen molar-refractivity contribution < 1.29 is 9.72 Å². The quantitative estimate of drug-likeness (QED) is 0.636. The molecule has 0 aliphatic carbocycles. The zero-order valence-electron chi connectivity index (χ0n) is 10.9. The highest BCUT2D eigenvalue weighted by molar-refractivity contribution is 9.10. The van der Waals surface area contributed by atoms with E-state index < -0.39 is 10.8 Å². The van der Waals surface area contributed by atoms with Gasteiger partial charge in [-0.3, -0.25) is 14.9 Å². The van der Waals surface area contributed by atoms with Crippen molar-refractivity contribution in [2.75, 3.05) is 5.32 Å². The van der Waals surface area contributed by atoms with Crippen molar-refractivity contribution in [2.24, 2.45) is 0 Å². The number of hydrogen-bond donors (Lipinski definition) is 1. The molecule has 21 heavy (non-hydrogen) atoms. The smallest absolute Gasteiger partial charge is 0.284 e. The second kappa shape index (κ2) is 6.24. The Hall–Kier alpha value is -1.92. The average Bonchev–Trinajstić information content (AvgIpc) is 2.42. The van der Waals surface area contributed by atoms with E-state index in [4.69, 9.17) is 11.6 Å². The van der Waals surface area contributed by atoms with Crippen LogP contribution in [0.1, 0.15) is 15.9 Å². The van der Waals surface area contributed by atoms with E-state index in [-0.39, 0.29) is 11.3 Å².